The van der Waals surface area contributed by atoms with E-state index in [4.69, 9.17) is 4.74 Å². The normalized spacial score (nSPS) is 16.7. The number of hydrogen-bond acceptors (Lipinski definition) is 4. The summed E-state index contributed by atoms with van der Waals surface area (Å²) in [5.74, 6) is 0.860. The monoisotopic (exact) mass is 403 g/mol. The van der Waals surface area contributed by atoms with Gasteiger partial charge in [0.1, 0.15) is 5.75 Å². The molecule has 1 fully saturated rings. The highest BCUT2D eigenvalue weighted by molar-refractivity contribution is 5.80. The van der Waals surface area contributed by atoms with Crippen LogP contribution in [-0.2, 0) is 7.05 Å². The van der Waals surface area contributed by atoms with Gasteiger partial charge in [-0.2, -0.15) is 5.10 Å². The summed E-state index contributed by atoms with van der Waals surface area (Å²) in [6.45, 7) is 5.34. The summed E-state index contributed by atoms with van der Waals surface area (Å²) in [5, 5.41) is 4.53. The summed E-state index contributed by atoms with van der Waals surface area (Å²) < 4.78 is 7.33. The molecule has 3 aromatic rings. The molecule has 0 saturated carbocycles. The molecule has 0 bridgehead atoms. The fraction of sp³-hybridized carbons (Fsp3) is 0.360. The van der Waals surface area contributed by atoms with Crippen LogP contribution in [-0.4, -0.2) is 40.4 Å². The average Bonchev–Trinajstić information content (AvgIpc) is 3.18. The van der Waals surface area contributed by atoms with Crippen molar-refractivity contribution in [1.29, 1.82) is 0 Å². The zero-order valence-corrected chi connectivity index (χ0v) is 17.8. The van der Waals surface area contributed by atoms with Gasteiger partial charge in [-0.25, -0.2) is 4.68 Å². The SMILES string of the molecule is CC1CCCN1CCCOc1ccc(-c2nn(C)c(=O)cc2-c2ccccc2)cc1. The van der Waals surface area contributed by atoms with Gasteiger partial charge in [0.05, 0.1) is 12.3 Å². The summed E-state index contributed by atoms with van der Waals surface area (Å²) in [5.41, 5.74) is 3.45. The fourth-order valence-corrected chi connectivity index (χ4v) is 4.08. The Morgan fingerprint density at radius 3 is 2.53 bits per heavy atom. The number of benzene rings is 2. The third kappa shape index (κ3) is 4.62. The molecule has 4 rings (SSSR count). The lowest BCUT2D eigenvalue weighted by Gasteiger charge is -2.20. The summed E-state index contributed by atoms with van der Waals surface area (Å²) in [7, 11) is 1.68. The third-order valence-corrected chi connectivity index (χ3v) is 5.85. The molecule has 0 radical (unpaired) electrons. The molecule has 1 aromatic heterocycles. The lowest BCUT2D eigenvalue weighted by Crippen LogP contribution is -2.28. The molecule has 1 aliphatic heterocycles. The molecular weight excluding hydrogens is 374 g/mol. The van der Waals surface area contributed by atoms with Gasteiger partial charge < -0.3 is 9.64 Å². The molecule has 5 nitrogen and oxygen atoms in total. The van der Waals surface area contributed by atoms with Gasteiger partial charge >= 0.3 is 0 Å². The smallest absolute Gasteiger partial charge is 0.267 e. The van der Waals surface area contributed by atoms with Gasteiger partial charge in [-0.05, 0) is 62.6 Å². The molecule has 2 aromatic carbocycles. The second kappa shape index (κ2) is 9.26. The van der Waals surface area contributed by atoms with Crippen molar-refractivity contribution in [2.75, 3.05) is 19.7 Å². The topological polar surface area (TPSA) is 47.4 Å². The van der Waals surface area contributed by atoms with E-state index in [9.17, 15) is 4.79 Å². The zero-order valence-electron chi connectivity index (χ0n) is 17.8. The van der Waals surface area contributed by atoms with Gasteiger partial charge in [-0.15, -0.1) is 0 Å². The molecule has 0 N–H and O–H groups in total. The summed E-state index contributed by atoms with van der Waals surface area (Å²) in [4.78, 5) is 14.7. The maximum Gasteiger partial charge on any atom is 0.267 e. The number of likely N-dealkylation sites (tertiary alicyclic amines) is 1. The van der Waals surface area contributed by atoms with Gasteiger partial charge in [0.15, 0.2) is 0 Å². The molecule has 0 spiro atoms. The van der Waals surface area contributed by atoms with Crippen molar-refractivity contribution in [3.63, 3.8) is 0 Å². The molecule has 2 heterocycles. The number of nitrogens with zero attached hydrogens (tertiary/aromatic N) is 3. The van der Waals surface area contributed by atoms with E-state index in [1.807, 2.05) is 54.6 Å². The van der Waals surface area contributed by atoms with Crippen LogP contribution in [0.4, 0.5) is 0 Å². The molecule has 0 amide bonds. The minimum Gasteiger partial charge on any atom is -0.494 e. The number of rotatable bonds is 7. The Bertz CT molecular complexity index is 1030. The lowest BCUT2D eigenvalue weighted by atomic mass is 10.00. The standard InChI is InChI=1S/C25H29N3O2/c1-19-8-6-15-28(19)16-7-17-30-22-13-11-21(12-14-22)25-23(18-24(29)27(2)26-25)20-9-4-3-5-10-20/h3-5,9-14,18-19H,6-8,15-17H2,1-2H3. The molecule has 5 heteroatoms. The number of aryl methyl sites for hydroxylation is 1. The Labute approximate surface area is 177 Å². The minimum absolute atomic E-state index is 0.120. The predicted molar refractivity (Wildman–Crippen MR) is 121 cm³/mol. The fourth-order valence-electron chi connectivity index (χ4n) is 4.08. The first kappa shape index (κ1) is 20.4. The van der Waals surface area contributed by atoms with Crippen LogP contribution in [0, 0.1) is 0 Å². The van der Waals surface area contributed by atoms with Crippen LogP contribution in [0.1, 0.15) is 26.2 Å². The highest BCUT2D eigenvalue weighted by Crippen LogP contribution is 2.30. The maximum atomic E-state index is 12.2. The quantitative estimate of drug-likeness (QED) is 0.550. The van der Waals surface area contributed by atoms with Crippen molar-refractivity contribution in [3.05, 3.63) is 71.0 Å². The van der Waals surface area contributed by atoms with Crippen LogP contribution < -0.4 is 10.3 Å². The Hall–Kier alpha value is -2.92. The van der Waals surface area contributed by atoms with Crippen LogP contribution >= 0.6 is 0 Å². The van der Waals surface area contributed by atoms with Gasteiger partial charge in [0, 0.05) is 36.8 Å². The highest BCUT2D eigenvalue weighted by Gasteiger charge is 2.19. The first-order valence-corrected chi connectivity index (χ1v) is 10.7. The van der Waals surface area contributed by atoms with Crippen molar-refractivity contribution in [2.45, 2.75) is 32.2 Å². The van der Waals surface area contributed by atoms with Crippen molar-refractivity contribution < 1.29 is 4.74 Å². The molecule has 156 valence electrons. The van der Waals surface area contributed by atoms with Crippen LogP contribution in [0.5, 0.6) is 5.75 Å². The zero-order chi connectivity index (χ0) is 20.9. The number of hydrogen-bond donors (Lipinski definition) is 0. The van der Waals surface area contributed by atoms with E-state index in [1.165, 1.54) is 24.1 Å². The van der Waals surface area contributed by atoms with Crippen LogP contribution in [0.15, 0.2) is 65.5 Å². The second-order valence-electron chi connectivity index (χ2n) is 7.99. The number of ether oxygens (including phenoxy) is 1. The second-order valence-corrected chi connectivity index (χ2v) is 7.99. The van der Waals surface area contributed by atoms with E-state index >= 15 is 0 Å². The predicted octanol–water partition coefficient (Wildman–Crippen LogP) is 4.37. The Balaban J connectivity index is 1.46. The highest BCUT2D eigenvalue weighted by atomic mass is 16.5. The summed E-state index contributed by atoms with van der Waals surface area (Å²) in [6.07, 6.45) is 3.66. The van der Waals surface area contributed by atoms with E-state index in [0.29, 0.717) is 6.04 Å². The molecule has 1 aliphatic rings. The van der Waals surface area contributed by atoms with Gasteiger partial charge in [-0.1, -0.05) is 30.3 Å². The molecule has 1 atom stereocenters. The molecule has 30 heavy (non-hydrogen) atoms. The van der Waals surface area contributed by atoms with E-state index in [2.05, 4.69) is 16.9 Å². The van der Waals surface area contributed by atoms with E-state index in [1.54, 1.807) is 13.1 Å². The van der Waals surface area contributed by atoms with Crippen LogP contribution in [0.2, 0.25) is 0 Å². The van der Waals surface area contributed by atoms with Crippen molar-refractivity contribution in [2.24, 2.45) is 7.05 Å². The van der Waals surface area contributed by atoms with Crippen molar-refractivity contribution in [3.8, 4) is 28.1 Å². The van der Waals surface area contributed by atoms with E-state index in [0.717, 1.165) is 47.7 Å². The van der Waals surface area contributed by atoms with Gasteiger partial charge in [0.25, 0.3) is 5.56 Å². The third-order valence-electron chi connectivity index (χ3n) is 5.85. The maximum absolute atomic E-state index is 12.2. The number of aromatic nitrogens is 2. The van der Waals surface area contributed by atoms with Crippen LogP contribution in [0.3, 0.4) is 0 Å². The first-order valence-electron chi connectivity index (χ1n) is 10.7. The first-order chi connectivity index (χ1) is 14.6. The molecule has 1 unspecified atom stereocenters. The summed E-state index contributed by atoms with van der Waals surface area (Å²) in [6, 6.07) is 20.2. The Morgan fingerprint density at radius 2 is 1.83 bits per heavy atom. The van der Waals surface area contributed by atoms with Crippen LogP contribution in [0.25, 0.3) is 22.4 Å². The Morgan fingerprint density at radius 1 is 1.07 bits per heavy atom. The van der Waals surface area contributed by atoms with Gasteiger partial charge in [-0.3, -0.25) is 4.79 Å². The largest absolute Gasteiger partial charge is 0.494 e. The average molecular weight is 404 g/mol. The van der Waals surface area contributed by atoms with Crippen molar-refractivity contribution >= 4 is 0 Å². The van der Waals surface area contributed by atoms with Gasteiger partial charge in [0.2, 0.25) is 0 Å². The summed E-state index contributed by atoms with van der Waals surface area (Å²) >= 11 is 0. The van der Waals surface area contributed by atoms with E-state index < -0.39 is 0 Å². The molecule has 0 aliphatic carbocycles. The minimum atomic E-state index is -0.120. The van der Waals surface area contributed by atoms with Crippen molar-refractivity contribution in [1.82, 2.24) is 14.7 Å². The Kier molecular flexibility index (Phi) is 6.29. The molecular formula is C25H29N3O2. The molecule has 1 saturated heterocycles. The van der Waals surface area contributed by atoms with E-state index in [-0.39, 0.29) is 5.56 Å². The lowest BCUT2D eigenvalue weighted by molar-refractivity contribution is 0.230.